The van der Waals surface area contributed by atoms with Gasteiger partial charge < -0.3 is 0 Å². The van der Waals surface area contributed by atoms with E-state index in [1.807, 2.05) is 0 Å². The van der Waals surface area contributed by atoms with Crippen molar-refractivity contribution in [2.75, 3.05) is 5.33 Å². The third-order valence-corrected chi connectivity index (χ3v) is 6.40. The average molecular weight is 350 g/mol. The molecule has 2 rings (SSSR count). The lowest BCUT2D eigenvalue weighted by atomic mass is 10.0. The number of sulfonamides is 1. The predicted octanol–water partition coefficient (Wildman–Crippen LogP) is 3.12. The molecule has 0 aromatic heterocycles. The summed E-state index contributed by atoms with van der Waals surface area (Å²) in [6.07, 6.45) is 3.64. The van der Waals surface area contributed by atoms with E-state index < -0.39 is 21.4 Å². The fraction of sp³-hybridized carbons (Fsp3) is 0.538. The van der Waals surface area contributed by atoms with E-state index in [-0.39, 0.29) is 4.90 Å². The van der Waals surface area contributed by atoms with Crippen LogP contribution in [-0.4, -0.2) is 19.3 Å². The zero-order valence-corrected chi connectivity index (χ0v) is 13.2. The standard InChI is InChI=1S/C13H17BrFNO2S/c1-10-4-5-11(15)8-12(10)19(17,18)16-13(9-14)6-2-3-7-13/h4-5,8,16H,2-3,6-7,9H2,1H3. The van der Waals surface area contributed by atoms with E-state index in [0.29, 0.717) is 10.9 Å². The highest BCUT2D eigenvalue weighted by molar-refractivity contribution is 9.09. The summed E-state index contributed by atoms with van der Waals surface area (Å²) in [5.41, 5.74) is 0.119. The smallest absolute Gasteiger partial charge is 0.207 e. The molecular weight excluding hydrogens is 333 g/mol. The van der Waals surface area contributed by atoms with Crippen molar-refractivity contribution >= 4 is 26.0 Å². The van der Waals surface area contributed by atoms with E-state index in [0.717, 1.165) is 31.7 Å². The molecule has 1 fully saturated rings. The second-order valence-corrected chi connectivity index (χ2v) is 7.35. The Morgan fingerprint density at radius 3 is 2.58 bits per heavy atom. The van der Waals surface area contributed by atoms with E-state index in [9.17, 15) is 12.8 Å². The summed E-state index contributed by atoms with van der Waals surface area (Å²) in [5.74, 6) is -0.537. The van der Waals surface area contributed by atoms with E-state index in [4.69, 9.17) is 0 Å². The molecule has 0 radical (unpaired) electrons. The fourth-order valence-electron chi connectivity index (χ4n) is 2.52. The number of alkyl halides is 1. The second kappa shape index (κ2) is 5.50. The number of nitrogens with one attached hydrogen (secondary N) is 1. The lowest BCUT2D eigenvalue weighted by molar-refractivity contribution is 0.437. The minimum absolute atomic E-state index is 0.0275. The molecule has 1 aliphatic carbocycles. The van der Waals surface area contributed by atoms with Crippen LogP contribution in [0.5, 0.6) is 0 Å². The maximum Gasteiger partial charge on any atom is 0.241 e. The Bertz CT molecular complexity index is 568. The first-order valence-corrected chi connectivity index (χ1v) is 8.85. The number of aryl methyl sites for hydroxylation is 1. The molecule has 0 saturated heterocycles. The summed E-state index contributed by atoms with van der Waals surface area (Å²) in [4.78, 5) is 0.0275. The van der Waals surface area contributed by atoms with Crippen LogP contribution in [-0.2, 0) is 10.0 Å². The molecule has 1 N–H and O–H groups in total. The molecular formula is C13H17BrFNO2S. The van der Waals surface area contributed by atoms with Gasteiger partial charge in [-0.05, 0) is 37.5 Å². The van der Waals surface area contributed by atoms with E-state index in [1.54, 1.807) is 6.92 Å². The third-order valence-electron chi connectivity index (χ3n) is 3.61. The molecule has 19 heavy (non-hydrogen) atoms. The van der Waals surface area contributed by atoms with E-state index in [2.05, 4.69) is 20.7 Å². The number of hydrogen-bond acceptors (Lipinski definition) is 2. The SMILES string of the molecule is Cc1ccc(F)cc1S(=O)(=O)NC1(CBr)CCCC1. The molecule has 0 amide bonds. The van der Waals surface area contributed by atoms with Crippen molar-refractivity contribution in [3.63, 3.8) is 0 Å². The normalized spacial score (nSPS) is 18.7. The van der Waals surface area contributed by atoms with Gasteiger partial charge in [-0.2, -0.15) is 0 Å². The lowest BCUT2D eigenvalue weighted by Crippen LogP contribution is -2.47. The van der Waals surface area contributed by atoms with Gasteiger partial charge in [0.2, 0.25) is 10.0 Å². The van der Waals surface area contributed by atoms with Crippen molar-refractivity contribution in [1.29, 1.82) is 0 Å². The van der Waals surface area contributed by atoms with E-state index in [1.165, 1.54) is 12.1 Å². The molecule has 1 aliphatic rings. The van der Waals surface area contributed by atoms with Gasteiger partial charge in [0.25, 0.3) is 0 Å². The van der Waals surface area contributed by atoms with Crippen molar-refractivity contribution in [1.82, 2.24) is 4.72 Å². The highest BCUT2D eigenvalue weighted by atomic mass is 79.9. The van der Waals surface area contributed by atoms with Crippen LogP contribution in [0.4, 0.5) is 4.39 Å². The minimum Gasteiger partial charge on any atom is -0.207 e. The van der Waals surface area contributed by atoms with Crippen LogP contribution < -0.4 is 4.72 Å². The predicted molar refractivity (Wildman–Crippen MR) is 76.5 cm³/mol. The van der Waals surface area contributed by atoms with Gasteiger partial charge in [0.15, 0.2) is 0 Å². The van der Waals surface area contributed by atoms with E-state index >= 15 is 0 Å². The van der Waals surface area contributed by atoms with Gasteiger partial charge in [0.05, 0.1) is 4.90 Å². The van der Waals surface area contributed by atoms with Crippen LogP contribution in [0.3, 0.4) is 0 Å². The van der Waals surface area contributed by atoms with Crippen LogP contribution in [0, 0.1) is 12.7 Å². The molecule has 0 atom stereocenters. The average Bonchev–Trinajstić information content (AvgIpc) is 2.80. The Balaban J connectivity index is 2.34. The largest absolute Gasteiger partial charge is 0.241 e. The number of rotatable bonds is 4. The summed E-state index contributed by atoms with van der Waals surface area (Å²) in [6.45, 7) is 1.67. The van der Waals surface area contributed by atoms with Crippen LogP contribution in [0.25, 0.3) is 0 Å². The molecule has 3 nitrogen and oxygen atoms in total. The summed E-state index contributed by atoms with van der Waals surface area (Å²) in [7, 11) is -3.69. The quantitative estimate of drug-likeness (QED) is 0.848. The molecule has 0 bridgehead atoms. The summed E-state index contributed by atoms with van der Waals surface area (Å²) in [5, 5.41) is 0.577. The molecule has 0 aliphatic heterocycles. The Morgan fingerprint density at radius 1 is 1.37 bits per heavy atom. The zero-order valence-electron chi connectivity index (χ0n) is 10.7. The minimum atomic E-state index is -3.69. The third kappa shape index (κ3) is 3.17. The first kappa shape index (κ1) is 14.9. The number of halogens is 2. The Hall–Kier alpha value is -0.460. The fourth-order valence-corrected chi connectivity index (χ4v) is 5.12. The van der Waals surface area contributed by atoms with Gasteiger partial charge in [-0.25, -0.2) is 17.5 Å². The van der Waals surface area contributed by atoms with Crippen molar-refractivity contribution < 1.29 is 12.8 Å². The Morgan fingerprint density at radius 2 is 2.00 bits per heavy atom. The Labute approximate surface area is 121 Å². The molecule has 6 heteroatoms. The van der Waals surface area contributed by atoms with Gasteiger partial charge in [0, 0.05) is 10.9 Å². The van der Waals surface area contributed by atoms with Crippen molar-refractivity contribution in [3.8, 4) is 0 Å². The van der Waals surface area contributed by atoms with Gasteiger partial charge in [-0.15, -0.1) is 0 Å². The summed E-state index contributed by atoms with van der Waals surface area (Å²) >= 11 is 3.39. The summed E-state index contributed by atoms with van der Waals surface area (Å²) < 4.78 is 40.9. The van der Waals surface area contributed by atoms with Crippen LogP contribution in [0.2, 0.25) is 0 Å². The topological polar surface area (TPSA) is 46.2 Å². The number of hydrogen-bond donors (Lipinski definition) is 1. The maximum atomic E-state index is 13.3. The first-order chi connectivity index (χ1) is 8.88. The molecule has 106 valence electrons. The van der Waals surface area contributed by atoms with Gasteiger partial charge >= 0.3 is 0 Å². The highest BCUT2D eigenvalue weighted by Gasteiger charge is 2.37. The molecule has 0 spiro atoms. The molecule has 0 heterocycles. The molecule has 1 aromatic carbocycles. The van der Waals surface area contributed by atoms with Crippen molar-refractivity contribution in [2.45, 2.75) is 43.0 Å². The van der Waals surface area contributed by atoms with Gasteiger partial charge in [0.1, 0.15) is 5.82 Å². The Kier molecular flexibility index (Phi) is 4.32. The van der Waals surface area contributed by atoms with Gasteiger partial charge in [-0.3, -0.25) is 0 Å². The summed E-state index contributed by atoms with van der Waals surface area (Å²) in [6, 6.07) is 3.83. The first-order valence-electron chi connectivity index (χ1n) is 6.25. The van der Waals surface area contributed by atoms with Gasteiger partial charge in [-0.1, -0.05) is 34.8 Å². The molecule has 1 aromatic rings. The maximum absolute atomic E-state index is 13.3. The monoisotopic (exact) mass is 349 g/mol. The van der Waals surface area contributed by atoms with Crippen molar-refractivity contribution in [2.24, 2.45) is 0 Å². The number of benzene rings is 1. The zero-order chi connectivity index (χ0) is 14.1. The van der Waals surface area contributed by atoms with Crippen LogP contribution >= 0.6 is 15.9 Å². The highest BCUT2D eigenvalue weighted by Crippen LogP contribution is 2.33. The van der Waals surface area contributed by atoms with Crippen molar-refractivity contribution in [3.05, 3.63) is 29.6 Å². The molecule has 0 unspecified atom stereocenters. The van der Waals surface area contributed by atoms with Crippen LogP contribution in [0.1, 0.15) is 31.2 Å². The molecule has 1 saturated carbocycles. The second-order valence-electron chi connectivity index (χ2n) is 5.14. The van der Waals surface area contributed by atoms with Crippen LogP contribution in [0.15, 0.2) is 23.1 Å². The lowest BCUT2D eigenvalue weighted by Gasteiger charge is -2.28.